The summed E-state index contributed by atoms with van der Waals surface area (Å²) in [6, 6.07) is 0. The molecule has 0 bridgehead atoms. The molecule has 0 aliphatic rings. The van der Waals surface area contributed by atoms with Gasteiger partial charge in [-0.15, -0.1) is 0 Å². The molecular weight excluding hydrogens is 283 g/mol. The van der Waals surface area contributed by atoms with Crippen molar-refractivity contribution < 1.29 is 32.6 Å². The van der Waals surface area contributed by atoms with E-state index in [-0.39, 0.29) is 0 Å². The molecule has 2 N–H and O–H groups in total. The molecule has 1 aromatic rings. The van der Waals surface area contributed by atoms with Crippen molar-refractivity contribution in [3.8, 4) is 0 Å². The van der Waals surface area contributed by atoms with Crippen LogP contribution in [0.1, 0.15) is 17.4 Å². The summed E-state index contributed by atoms with van der Waals surface area (Å²) in [6.07, 6.45) is -2.33. The summed E-state index contributed by atoms with van der Waals surface area (Å²) in [7, 11) is 0. The van der Waals surface area contributed by atoms with Crippen molar-refractivity contribution >= 4 is 11.9 Å². The highest BCUT2D eigenvalue weighted by atomic mass is 19.4. The lowest BCUT2D eigenvalue weighted by atomic mass is 10.2. The summed E-state index contributed by atoms with van der Waals surface area (Å²) in [4.78, 5) is 29.7. The lowest BCUT2D eigenvalue weighted by molar-refractivity contribution is -0.269. The Morgan fingerprint density at radius 2 is 2.05 bits per heavy atom. The minimum absolute atomic E-state index is 0.405. The molecule has 20 heavy (non-hydrogen) atoms. The Morgan fingerprint density at radius 3 is 2.50 bits per heavy atom. The molecule has 1 aromatic heterocycles. The molecular formula is C10H10F3N3O4. The van der Waals surface area contributed by atoms with Crippen LogP contribution in [0.4, 0.5) is 13.2 Å². The first-order chi connectivity index (χ1) is 9.22. The molecule has 10 heteroatoms. The molecule has 1 atom stereocenters. The summed E-state index contributed by atoms with van der Waals surface area (Å²) >= 11 is 0. The normalized spacial score (nSPS) is 14.2. The standard InChI is InChI=1S/C10H10F3N3O4/c1-2-20-8(18)9(19,10(11,12)13)16-7(17)6-5-14-3-4-15-6/h3-5,19H,2H2,1H3,(H,16,17). The van der Waals surface area contributed by atoms with E-state index in [1.54, 1.807) is 0 Å². The average molecular weight is 293 g/mol. The maximum Gasteiger partial charge on any atom is 0.448 e. The van der Waals surface area contributed by atoms with E-state index in [2.05, 4.69) is 14.7 Å². The number of aliphatic hydroxyl groups is 1. The van der Waals surface area contributed by atoms with Gasteiger partial charge in [-0.2, -0.15) is 13.2 Å². The zero-order valence-corrected chi connectivity index (χ0v) is 10.1. The van der Waals surface area contributed by atoms with Gasteiger partial charge in [-0.25, -0.2) is 9.78 Å². The number of rotatable bonds is 4. The number of alkyl halides is 3. The van der Waals surface area contributed by atoms with E-state index in [1.165, 1.54) is 13.1 Å². The Balaban J connectivity index is 3.03. The predicted molar refractivity (Wildman–Crippen MR) is 57.1 cm³/mol. The van der Waals surface area contributed by atoms with Crippen LogP contribution >= 0.6 is 0 Å². The fourth-order valence-corrected chi connectivity index (χ4v) is 1.12. The number of halogens is 3. The molecule has 0 saturated carbocycles. The van der Waals surface area contributed by atoms with Gasteiger partial charge in [-0.3, -0.25) is 9.78 Å². The molecule has 0 aromatic carbocycles. The summed E-state index contributed by atoms with van der Waals surface area (Å²) in [6.45, 7) is 0.845. The van der Waals surface area contributed by atoms with E-state index >= 15 is 0 Å². The van der Waals surface area contributed by atoms with Gasteiger partial charge in [0.05, 0.1) is 12.8 Å². The third kappa shape index (κ3) is 3.20. The maximum absolute atomic E-state index is 12.8. The lowest BCUT2D eigenvalue weighted by Gasteiger charge is -2.28. The molecule has 0 aliphatic heterocycles. The molecule has 110 valence electrons. The van der Waals surface area contributed by atoms with Crippen molar-refractivity contribution in [3.05, 3.63) is 24.3 Å². The topological polar surface area (TPSA) is 101 Å². The van der Waals surface area contributed by atoms with Crippen molar-refractivity contribution in [2.75, 3.05) is 6.61 Å². The van der Waals surface area contributed by atoms with E-state index in [0.29, 0.717) is 0 Å². The van der Waals surface area contributed by atoms with E-state index in [1.807, 2.05) is 0 Å². The molecule has 7 nitrogen and oxygen atoms in total. The van der Waals surface area contributed by atoms with Crippen molar-refractivity contribution in [1.82, 2.24) is 15.3 Å². The summed E-state index contributed by atoms with van der Waals surface area (Å²) < 4.78 is 42.4. The SMILES string of the molecule is CCOC(=O)C(O)(NC(=O)c1cnccn1)C(F)(F)F. The Morgan fingerprint density at radius 1 is 1.40 bits per heavy atom. The van der Waals surface area contributed by atoms with Gasteiger partial charge >= 0.3 is 17.9 Å². The third-order valence-electron chi connectivity index (χ3n) is 2.07. The lowest BCUT2D eigenvalue weighted by Crippen LogP contribution is -2.64. The number of carbonyl (C=O) groups excluding carboxylic acids is 2. The van der Waals surface area contributed by atoms with Crippen LogP contribution in [0.5, 0.6) is 0 Å². The van der Waals surface area contributed by atoms with Gasteiger partial charge in [0.15, 0.2) is 0 Å². The molecule has 1 amide bonds. The number of aromatic nitrogens is 2. The number of amides is 1. The molecule has 0 spiro atoms. The van der Waals surface area contributed by atoms with Gasteiger partial charge in [0.1, 0.15) is 5.69 Å². The van der Waals surface area contributed by atoms with Crippen molar-refractivity contribution in [1.29, 1.82) is 0 Å². The van der Waals surface area contributed by atoms with Crippen LogP contribution in [0, 0.1) is 0 Å². The Kier molecular flexibility index (Phi) is 4.61. The van der Waals surface area contributed by atoms with Gasteiger partial charge in [-0.05, 0) is 6.92 Å². The van der Waals surface area contributed by atoms with E-state index in [0.717, 1.165) is 17.7 Å². The fourth-order valence-electron chi connectivity index (χ4n) is 1.12. The van der Waals surface area contributed by atoms with Crippen molar-refractivity contribution in [2.45, 2.75) is 18.8 Å². The fraction of sp³-hybridized carbons (Fsp3) is 0.400. The van der Waals surface area contributed by atoms with Crippen LogP contribution in [0.3, 0.4) is 0 Å². The zero-order chi connectivity index (χ0) is 15.4. The Labute approximate surface area is 110 Å². The highest BCUT2D eigenvalue weighted by Crippen LogP contribution is 2.29. The zero-order valence-electron chi connectivity index (χ0n) is 10.1. The van der Waals surface area contributed by atoms with E-state index < -0.39 is 36.1 Å². The summed E-state index contributed by atoms with van der Waals surface area (Å²) in [5.41, 5.74) is -4.66. The molecule has 1 rings (SSSR count). The highest BCUT2D eigenvalue weighted by molar-refractivity contribution is 5.96. The molecule has 1 heterocycles. The molecule has 0 fully saturated rings. The quantitative estimate of drug-likeness (QED) is 0.599. The van der Waals surface area contributed by atoms with Crippen LogP contribution in [0.25, 0.3) is 0 Å². The number of nitrogens with zero attached hydrogens (tertiary/aromatic N) is 2. The van der Waals surface area contributed by atoms with Gasteiger partial charge in [0.25, 0.3) is 5.91 Å². The number of hydrogen-bond acceptors (Lipinski definition) is 6. The minimum Gasteiger partial charge on any atom is -0.462 e. The first-order valence-electron chi connectivity index (χ1n) is 5.27. The smallest absolute Gasteiger partial charge is 0.448 e. The van der Waals surface area contributed by atoms with E-state index in [9.17, 15) is 27.9 Å². The second kappa shape index (κ2) is 5.82. The maximum atomic E-state index is 12.8. The average Bonchev–Trinajstić information content (AvgIpc) is 2.38. The first-order valence-corrected chi connectivity index (χ1v) is 5.27. The van der Waals surface area contributed by atoms with Crippen LogP contribution in [-0.4, -0.2) is 45.5 Å². The summed E-state index contributed by atoms with van der Waals surface area (Å²) in [5, 5.41) is 10.5. The van der Waals surface area contributed by atoms with Gasteiger partial charge in [0.2, 0.25) is 0 Å². The third-order valence-corrected chi connectivity index (χ3v) is 2.07. The number of nitrogens with one attached hydrogen (secondary N) is 1. The number of hydrogen-bond donors (Lipinski definition) is 2. The van der Waals surface area contributed by atoms with Crippen LogP contribution in [-0.2, 0) is 9.53 Å². The summed E-state index contributed by atoms with van der Waals surface area (Å²) in [5.74, 6) is -3.46. The molecule has 1 unspecified atom stereocenters. The first kappa shape index (κ1) is 15.8. The van der Waals surface area contributed by atoms with Crippen LogP contribution in [0.15, 0.2) is 18.6 Å². The van der Waals surface area contributed by atoms with Gasteiger partial charge in [-0.1, -0.05) is 0 Å². The van der Waals surface area contributed by atoms with Gasteiger partial charge < -0.3 is 15.2 Å². The van der Waals surface area contributed by atoms with Crippen LogP contribution in [0.2, 0.25) is 0 Å². The molecule has 0 radical (unpaired) electrons. The number of carbonyl (C=O) groups is 2. The van der Waals surface area contributed by atoms with Crippen molar-refractivity contribution in [3.63, 3.8) is 0 Å². The monoisotopic (exact) mass is 293 g/mol. The molecule has 0 aliphatic carbocycles. The van der Waals surface area contributed by atoms with Crippen LogP contribution < -0.4 is 5.32 Å². The number of esters is 1. The number of ether oxygens (including phenoxy) is 1. The van der Waals surface area contributed by atoms with Gasteiger partial charge in [0, 0.05) is 12.4 Å². The molecule has 0 saturated heterocycles. The Bertz CT molecular complexity index is 494. The largest absolute Gasteiger partial charge is 0.462 e. The van der Waals surface area contributed by atoms with E-state index in [4.69, 9.17) is 0 Å². The second-order valence-corrected chi connectivity index (χ2v) is 3.47. The Hall–Kier alpha value is -2.23. The van der Waals surface area contributed by atoms with Crippen molar-refractivity contribution in [2.24, 2.45) is 0 Å². The highest BCUT2D eigenvalue weighted by Gasteiger charge is 2.62. The predicted octanol–water partition coefficient (Wildman–Crippen LogP) is 0.0204. The second-order valence-electron chi connectivity index (χ2n) is 3.47. The minimum atomic E-state index is -5.46.